The predicted molar refractivity (Wildman–Crippen MR) is 92.1 cm³/mol. The average Bonchev–Trinajstić information content (AvgIpc) is 2.95. The molecule has 3 rings (SSSR count). The molecule has 3 aromatic rings. The number of phosphoric ester groups is 1. The molecule has 0 radical (unpaired) electrons. The fourth-order valence-electron chi connectivity index (χ4n) is 1.52. The number of hydrogen-bond donors (Lipinski definition) is 3. The van der Waals surface area contributed by atoms with Crippen LogP contribution < -0.4 is 0 Å². The van der Waals surface area contributed by atoms with E-state index in [1.54, 1.807) is 18.2 Å². The Labute approximate surface area is 181 Å². The third-order valence-corrected chi connectivity index (χ3v) is 2.85. The van der Waals surface area contributed by atoms with Crippen LogP contribution in [0.25, 0.3) is 11.0 Å². The standard InChI is InChI=1S/C7H7O5P.C6H5N3.2Na.2H/c8-7(12-13(9,10)11)6-4-2-1-3-5-6;1-2-4-6-5(3-1)7-9-8-6;;;;/h1-5H,(H2,9,10,11);1-4H,(H,7,8,9);;;;. The molecular weight excluding hydrogens is 355 g/mol. The normalized spacial score (nSPS) is 9.75. The molecule has 0 saturated heterocycles. The number of fused-ring (bicyclic) bond motifs is 1. The summed E-state index contributed by atoms with van der Waals surface area (Å²) in [5.41, 5.74) is 2.00. The van der Waals surface area contributed by atoms with Crippen LogP contribution in [0.2, 0.25) is 0 Å². The van der Waals surface area contributed by atoms with Gasteiger partial charge < -0.3 is 4.52 Å². The van der Waals surface area contributed by atoms with E-state index in [0.29, 0.717) is 0 Å². The van der Waals surface area contributed by atoms with Gasteiger partial charge in [0.25, 0.3) is 0 Å². The Kier molecular flexibility index (Phi) is 10.9. The number of aromatic nitrogens is 3. The van der Waals surface area contributed by atoms with Gasteiger partial charge in [0.15, 0.2) is 0 Å². The van der Waals surface area contributed by atoms with Crippen LogP contribution in [-0.2, 0) is 9.09 Å². The van der Waals surface area contributed by atoms with Crippen molar-refractivity contribution in [2.45, 2.75) is 0 Å². The van der Waals surface area contributed by atoms with Gasteiger partial charge in [-0.15, -0.1) is 5.10 Å². The van der Waals surface area contributed by atoms with Crippen molar-refractivity contribution in [3.05, 3.63) is 60.2 Å². The van der Waals surface area contributed by atoms with Crippen LogP contribution in [0.1, 0.15) is 10.4 Å². The van der Waals surface area contributed by atoms with E-state index in [1.807, 2.05) is 24.3 Å². The van der Waals surface area contributed by atoms with Crippen molar-refractivity contribution in [2.24, 2.45) is 0 Å². The van der Waals surface area contributed by atoms with Gasteiger partial charge in [-0.2, -0.15) is 0 Å². The molecule has 1 heterocycles. The van der Waals surface area contributed by atoms with Gasteiger partial charge in [-0.3, -0.25) is 14.9 Å². The number of aromatic amines is 1. The number of para-hydroxylation sites is 1. The van der Waals surface area contributed by atoms with Gasteiger partial charge in [-0.1, -0.05) is 35.5 Å². The summed E-state index contributed by atoms with van der Waals surface area (Å²) in [6.45, 7) is 0. The van der Waals surface area contributed by atoms with Crippen molar-refractivity contribution < 1.29 is 23.7 Å². The number of H-pyrrole nitrogens is 1. The van der Waals surface area contributed by atoms with Crippen LogP contribution in [-0.4, -0.2) is 90.3 Å². The van der Waals surface area contributed by atoms with Gasteiger partial charge in [0.05, 0.1) is 11.1 Å². The number of carbonyl (C=O) groups excluding carboxylic acids is 1. The topological polar surface area (TPSA) is 125 Å². The minimum absolute atomic E-state index is 0. The molecule has 0 aliphatic heterocycles. The molecule has 0 saturated carbocycles. The van der Waals surface area contributed by atoms with Crippen LogP contribution in [0.4, 0.5) is 0 Å². The van der Waals surface area contributed by atoms with E-state index in [4.69, 9.17) is 9.79 Å². The van der Waals surface area contributed by atoms with Crippen LogP contribution in [0, 0.1) is 0 Å². The molecule has 0 fully saturated rings. The summed E-state index contributed by atoms with van der Waals surface area (Å²) >= 11 is 0. The van der Waals surface area contributed by atoms with Crippen LogP contribution in [0.5, 0.6) is 0 Å². The molecule has 1 aromatic heterocycles. The van der Waals surface area contributed by atoms with E-state index in [9.17, 15) is 9.36 Å². The summed E-state index contributed by atoms with van der Waals surface area (Å²) in [6, 6.07) is 15.3. The third-order valence-electron chi connectivity index (χ3n) is 2.44. The van der Waals surface area contributed by atoms with E-state index in [2.05, 4.69) is 19.9 Å². The molecule has 0 aliphatic carbocycles. The zero-order valence-corrected chi connectivity index (χ0v) is 12.1. The molecule has 0 unspecified atom stereocenters. The molecule has 0 aliphatic rings. The largest absolute Gasteiger partial charge is 0.258 e. The molecule has 11 heteroatoms. The Morgan fingerprint density at radius 2 is 1.58 bits per heavy atom. The van der Waals surface area contributed by atoms with Crippen LogP contribution in [0.3, 0.4) is 0 Å². The Morgan fingerprint density at radius 3 is 2.17 bits per heavy atom. The molecule has 118 valence electrons. The van der Waals surface area contributed by atoms with Crippen LogP contribution >= 0.6 is 7.82 Å². The number of nitrogens with zero attached hydrogens (tertiary/aromatic N) is 2. The first-order valence-electron chi connectivity index (χ1n) is 6.06. The number of phosphoric acid groups is 1. The maximum Gasteiger partial charge on any atom is 0.112 e. The maximum atomic E-state index is 10.9. The van der Waals surface area contributed by atoms with Crippen molar-refractivity contribution in [3.8, 4) is 0 Å². The van der Waals surface area contributed by atoms with Crippen molar-refractivity contribution in [1.29, 1.82) is 0 Å². The molecule has 0 bridgehead atoms. The van der Waals surface area contributed by atoms with Crippen LogP contribution in [0.15, 0.2) is 54.6 Å². The zero-order valence-electron chi connectivity index (χ0n) is 11.2. The summed E-state index contributed by atoms with van der Waals surface area (Å²) in [6.07, 6.45) is 0. The number of nitrogens with one attached hydrogen (secondary N) is 1. The minimum atomic E-state index is -4.74. The fraction of sp³-hybridized carbons (Fsp3) is 0. The van der Waals surface area contributed by atoms with Gasteiger partial charge >= 0.3 is 72.9 Å². The minimum Gasteiger partial charge on any atom is -0.258 e. The molecule has 0 amide bonds. The number of carbonyl (C=O) groups is 1. The molecule has 3 N–H and O–H groups in total. The second kappa shape index (κ2) is 11.1. The number of rotatable bonds is 2. The summed E-state index contributed by atoms with van der Waals surface area (Å²) in [5.74, 6) is -1.03. The fourth-order valence-corrected chi connectivity index (χ4v) is 1.84. The van der Waals surface area contributed by atoms with Gasteiger partial charge in [0, 0.05) is 0 Å². The van der Waals surface area contributed by atoms with Gasteiger partial charge in [0.2, 0.25) is 0 Å². The molecule has 24 heavy (non-hydrogen) atoms. The molecule has 0 spiro atoms. The van der Waals surface area contributed by atoms with Gasteiger partial charge in [0.1, 0.15) is 5.52 Å². The zero-order chi connectivity index (χ0) is 16.0. The molecule has 2 aromatic carbocycles. The average molecular weight is 369 g/mol. The van der Waals surface area contributed by atoms with Crippen molar-refractivity contribution >= 4 is 83.9 Å². The smallest absolute Gasteiger partial charge is 0.112 e. The Morgan fingerprint density at radius 1 is 1.00 bits per heavy atom. The van der Waals surface area contributed by atoms with Crippen molar-refractivity contribution in [2.75, 3.05) is 0 Å². The summed E-state index contributed by atoms with van der Waals surface area (Å²) in [5, 5.41) is 10.2. The monoisotopic (exact) mass is 369 g/mol. The quantitative estimate of drug-likeness (QED) is 0.446. The number of hydrogen-bond acceptors (Lipinski definition) is 5. The van der Waals surface area contributed by atoms with Crippen molar-refractivity contribution in [3.63, 3.8) is 0 Å². The predicted octanol–water partition coefficient (Wildman–Crippen LogP) is 0.597. The summed E-state index contributed by atoms with van der Waals surface area (Å²) in [4.78, 5) is 27.6. The van der Waals surface area contributed by atoms with Gasteiger partial charge in [-0.05, 0) is 24.3 Å². The SMILES string of the molecule is O=C(OP(=O)(O)O)c1ccccc1.[NaH].[NaH].c1ccc2[nH]nnc2c1. The van der Waals surface area contributed by atoms with E-state index >= 15 is 0 Å². The first-order valence-corrected chi connectivity index (χ1v) is 7.59. The Hall–Kier alpha value is -0.540. The first kappa shape index (κ1) is 23.5. The Balaban J connectivity index is 0.000000425. The van der Waals surface area contributed by atoms with E-state index in [-0.39, 0.29) is 64.7 Å². The second-order valence-electron chi connectivity index (χ2n) is 4.06. The Bertz CT molecular complexity index is 779. The second-order valence-corrected chi connectivity index (χ2v) is 5.23. The maximum absolute atomic E-state index is 10.9. The number of benzene rings is 2. The van der Waals surface area contributed by atoms with E-state index < -0.39 is 13.8 Å². The third kappa shape index (κ3) is 8.02. The molecule has 0 atom stereocenters. The molecule has 8 nitrogen and oxygen atoms in total. The first-order chi connectivity index (χ1) is 10.5. The van der Waals surface area contributed by atoms with E-state index in [1.165, 1.54) is 12.1 Å². The summed E-state index contributed by atoms with van der Waals surface area (Å²) < 4.78 is 14.1. The van der Waals surface area contributed by atoms with E-state index in [0.717, 1.165) is 11.0 Å². The van der Waals surface area contributed by atoms with Gasteiger partial charge in [-0.25, -0.2) is 9.36 Å². The summed E-state index contributed by atoms with van der Waals surface area (Å²) in [7, 11) is -4.74. The molecular formula is C13H14N3Na2O5P. The van der Waals surface area contributed by atoms with Crippen molar-refractivity contribution in [1.82, 2.24) is 15.4 Å².